The minimum absolute atomic E-state index is 0.00519. The predicted molar refractivity (Wildman–Crippen MR) is 76.5 cm³/mol. The van der Waals surface area contributed by atoms with E-state index in [4.69, 9.17) is 4.74 Å². The van der Waals surface area contributed by atoms with Crippen molar-refractivity contribution < 1.29 is 23.1 Å². The van der Waals surface area contributed by atoms with Crippen LogP contribution < -0.4 is 5.32 Å². The molecule has 0 radical (unpaired) electrons. The molecule has 3 rings (SSSR count). The van der Waals surface area contributed by atoms with Gasteiger partial charge in [0.1, 0.15) is 6.61 Å². The number of carbonyl (C=O) groups is 2. The van der Waals surface area contributed by atoms with Gasteiger partial charge in [0.2, 0.25) is 5.91 Å². The number of aromatic nitrogens is 2. The molecule has 1 fully saturated rings. The van der Waals surface area contributed by atoms with Crippen molar-refractivity contribution in [1.82, 2.24) is 14.9 Å². The summed E-state index contributed by atoms with van der Waals surface area (Å²) >= 11 is 0. The Morgan fingerprint density at radius 1 is 1.43 bits per heavy atom. The minimum atomic E-state index is -2.77. The number of halogens is 2. The fourth-order valence-corrected chi connectivity index (χ4v) is 2.60. The molecule has 0 spiro atoms. The minimum Gasteiger partial charge on any atom is -0.457 e. The molecule has 0 aliphatic carbocycles. The molecule has 0 saturated carbocycles. The van der Waals surface area contributed by atoms with Crippen LogP contribution in [0.25, 0.3) is 11.0 Å². The standard InChI is InChI=1S/C15H15F2N3O3/c16-15(17)20-11-4-2-1-3-10(11)19-12(20)8-23-14(22)9-5-6-13(21)18-7-9/h1-4,9,15H,5-8H2,(H,18,21)/t9-/m0/s1. The Balaban J connectivity index is 1.73. The number of rotatable bonds is 4. The van der Waals surface area contributed by atoms with Gasteiger partial charge < -0.3 is 10.1 Å². The monoisotopic (exact) mass is 323 g/mol. The molecule has 1 aliphatic heterocycles. The lowest BCUT2D eigenvalue weighted by atomic mass is 10.00. The smallest absolute Gasteiger partial charge is 0.320 e. The van der Waals surface area contributed by atoms with Gasteiger partial charge in [0.15, 0.2) is 5.82 Å². The number of hydrogen-bond acceptors (Lipinski definition) is 4. The lowest BCUT2D eigenvalue weighted by Gasteiger charge is -2.20. The van der Waals surface area contributed by atoms with Gasteiger partial charge in [-0.05, 0) is 18.6 Å². The zero-order chi connectivity index (χ0) is 16.4. The van der Waals surface area contributed by atoms with E-state index in [0.717, 1.165) is 4.57 Å². The van der Waals surface area contributed by atoms with E-state index in [1.807, 2.05) is 0 Å². The second-order valence-electron chi connectivity index (χ2n) is 5.31. The number of esters is 1. The Bertz CT molecular complexity index is 735. The molecule has 2 aromatic rings. The largest absolute Gasteiger partial charge is 0.457 e. The first-order valence-corrected chi connectivity index (χ1v) is 7.23. The molecule has 2 heterocycles. The highest BCUT2D eigenvalue weighted by Crippen LogP contribution is 2.24. The van der Waals surface area contributed by atoms with Crippen molar-refractivity contribution in [3.05, 3.63) is 30.1 Å². The van der Waals surface area contributed by atoms with Crippen LogP contribution in [-0.4, -0.2) is 28.0 Å². The summed E-state index contributed by atoms with van der Waals surface area (Å²) in [5.74, 6) is -1.07. The zero-order valence-corrected chi connectivity index (χ0v) is 12.2. The number of alkyl halides is 2. The number of hydrogen-bond donors (Lipinski definition) is 1. The lowest BCUT2D eigenvalue weighted by Crippen LogP contribution is -2.39. The Morgan fingerprint density at radius 3 is 2.91 bits per heavy atom. The molecule has 1 saturated heterocycles. The second-order valence-corrected chi connectivity index (χ2v) is 5.31. The van der Waals surface area contributed by atoms with Crippen molar-refractivity contribution in [3.8, 4) is 0 Å². The van der Waals surface area contributed by atoms with Crippen molar-refractivity contribution >= 4 is 22.9 Å². The first kappa shape index (κ1) is 15.4. The molecule has 0 unspecified atom stereocenters. The van der Waals surface area contributed by atoms with Gasteiger partial charge in [0.25, 0.3) is 0 Å². The zero-order valence-electron chi connectivity index (χ0n) is 12.2. The number of amides is 1. The summed E-state index contributed by atoms with van der Waals surface area (Å²) < 4.78 is 32.4. The van der Waals surface area contributed by atoms with Crippen LogP contribution >= 0.6 is 0 Å². The number of ether oxygens (including phenoxy) is 1. The Morgan fingerprint density at radius 2 is 2.22 bits per heavy atom. The van der Waals surface area contributed by atoms with Crippen LogP contribution in [-0.2, 0) is 20.9 Å². The van der Waals surface area contributed by atoms with Gasteiger partial charge in [-0.25, -0.2) is 4.98 Å². The maximum Gasteiger partial charge on any atom is 0.320 e. The number of piperidine rings is 1. The summed E-state index contributed by atoms with van der Waals surface area (Å²) in [6.45, 7) is -2.89. The van der Waals surface area contributed by atoms with Gasteiger partial charge in [0.05, 0.1) is 17.0 Å². The Labute approximate surface area is 130 Å². The molecular formula is C15H15F2N3O3. The number of para-hydroxylation sites is 2. The van der Waals surface area contributed by atoms with E-state index in [1.165, 1.54) is 6.07 Å². The molecule has 1 aromatic carbocycles. The van der Waals surface area contributed by atoms with Gasteiger partial charge in [-0.3, -0.25) is 14.2 Å². The molecule has 1 N–H and O–H groups in total. The molecule has 1 atom stereocenters. The van der Waals surface area contributed by atoms with E-state index in [2.05, 4.69) is 10.3 Å². The van der Waals surface area contributed by atoms with Crippen LogP contribution in [0.3, 0.4) is 0 Å². The van der Waals surface area contributed by atoms with E-state index in [1.54, 1.807) is 18.2 Å². The highest BCUT2D eigenvalue weighted by atomic mass is 19.3. The number of nitrogens with zero attached hydrogens (tertiary/aromatic N) is 2. The summed E-state index contributed by atoms with van der Waals surface area (Å²) in [6.07, 6.45) is 0.658. The van der Waals surface area contributed by atoms with Gasteiger partial charge in [-0.15, -0.1) is 0 Å². The van der Waals surface area contributed by atoms with Gasteiger partial charge in [0, 0.05) is 13.0 Å². The molecule has 23 heavy (non-hydrogen) atoms. The van der Waals surface area contributed by atoms with Crippen LogP contribution in [0.5, 0.6) is 0 Å². The fourth-order valence-electron chi connectivity index (χ4n) is 2.60. The Hall–Kier alpha value is -2.51. The summed E-state index contributed by atoms with van der Waals surface area (Å²) in [5.41, 5.74) is 0.710. The highest BCUT2D eigenvalue weighted by Gasteiger charge is 2.26. The molecule has 6 nitrogen and oxygen atoms in total. The highest BCUT2D eigenvalue weighted by molar-refractivity contribution is 5.81. The van der Waals surface area contributed by atoms with Crippen LogP contribution in [0.4, 0.5) is 8.78 Å². The number of imidazole rings is 1. The molecule has 122 valence electrons. The summed E-state index contributed by atoms with van der Waals surface area (Å²) in [7, 11) is 0. The van der Waals surface area contributed by atoms with Gasteiger partial charge in [-0.1, -0.05) is 12.1 Å². The van der Waals surface area contributed by atoms with Crippen LogP contribution in [0, 0.1) is 5.92 Å². The van der Waals surface area contributed by atoms with Crippen LogP contribution in [0.2, 0.25) is 0 Å². The average Bonchev–Trinajstić information content (AvgIpc) is 2.91. The Kier molecular flexibility index (Phi) is 4.22. The quantitative estimate of drug-likeness (QED) is 0.874. The summed E-state index contributed by atoms with van der Waals surface area (Å²) in [4.78, 5) is 27.1. The van der Waals surface area contributed by atoms with E-state index >= 15 is 0 Å². The van der Waals surface area contributed by atoms with Gasteiger partial charge >= 0.3 is 12.5 Å². The molecular weight excluding hydrogens is 308 g/mol. The maximum absolute atomic E-state index is 13.2. The van der Waals surface area contributed by atoms with E-state index in [-0.39, 0.29) is 31.3 Å². The number of benzene rings is 1. The third-order valence-electron chi connectivity index (χ3n) is 3.81. The lowest BCUT2D eigenvalue weighted by molar-refractivity contribution is -0.151. The van der Waals surface area contributed by atoms with E-state index in [9.17, 15) is 18.4 Å². The maximum atomic E-state index is 13.2. The predicted octanol–water partition coefficient (Wildman–Crippen LogP) is 2.00. The van der Waals surface area contributed by atoms with Crippen molar-refractivity contribution in [3.63, 3.8) is 0 Å². The average molecular weight is 323 g/mol. The van der Waals surface area contributed by atoms with Gasteiger partial charge in [-0.2, -0.15) is 8.78 Å². The van der Waals surface area contributed by atoms with Crippen molar-refractivity contribution in [2.75, 3.05) is 6.54 Å². The SMILES string of the molecule is O=C1CC[C@H](C(=O)OCc2nc3ccccc3n2C(F)F)CN1. The van der Waals surface area contributed by atoms with Crippen molar-refractivity contribution in [2.45, 2.75) is 26.0 Å². The molecule has 1 aliphatic rings. The molecule has 0 bridgehead atoms. The van der Waals surface area contributed by atoms with Crippen molar-refractivity contribution in [1.29, 1.82) is 0 Å². The first-order valence-electron chi connectivity index (χ1n) is 7.23. The topological polar surface area (TPSA) is 73.2 Å². The molecule has 8 heteroatoms. The third kappa shape index (κ3) is 3.15. The summed E-state index contributed by atoms with van der Waals surface area (Å²) in [5, 5.41) is 2.58. The molecule has 1 aromatic heterocycles. The normalized spacial score (nSPS) is 18.2. The number of carbonyl (C=O) groups excluding carboxylic acids is 2. The van der Waals surface area contributed by atoms with Crippen LogP contribution in [0.15, 0.2) is 24.3 Å². The fraction of sp³-hybridized carbons (Fsp3) is 0.400. The number of fused-ring (bicyclic) bond motifs is 1. The number of nitrogens with one attached hydrogen (secondary N) is 1. The molecule has 1 amide bonds. The second kappa shape index (κ2) is 6.31. The van der Waals surface area contributed by atoms with Crippen molar-refractivity contribution in [2.24, 2.45) is 5.92 Å². The summed E-state index contributed by atoms with van der Waals surface area (Å²) in [6, 6.07) is 6.50. The first-order chi connectivity index (χ1) is 11.1. The third-order valence-corrected chi connectivity index (χ3v) is 3.81. The van der Waals surface area contributed by atoms with E-state index < -0.39 is 18.4 Å². The van der Waals surface area contributed by atoms with E-state index in [0.29, 0.717) is 17.5 Å². The van der Waals surface area contributed by atoms with Crippen LogP contribution in [0.1, 0.15) is 25.2 Å².